The summed E-state index contributed by atoms with van der Waals surface area (Å²) in [5.74, 6) is 1.35. The van der Waals surface area contributed by atoms with Crippen LogP contribution in [0.2, 0.25) is 0 Å². The van der Waals surface area contributed by atoms with Crippen LogP contribution in [0, 0.1) is 33.5 Å². The van der Waals surface area contributed by atoms with Gasteiger partial charge in [-0.3, -0.25) is 0 Å². The number of nitrogens with zero attached hydrogens (tertiary/aromatic N) is 3. The quantitative estimate of drug-likeness (QED) is 0.902. The maximum Gasteiger partial charge on any atom is 0.230 e. The van der Waals surface area contributed by atoms with Gasteiger partial charge in [0.25, 0.3) is 0 Å². The van der Waals surface area contributed by atoms with Crippen LogP contribution in [0.4, 0.5) is 0 Å². The molecular weight excluding hydrogens is 324 g/mol. The van der Waals surface area contributed by atoms with E-state index in [4.69, 9.17) is 15.2 Å². The third kappa shape index (κ3) is 1.47. The minimum absolute atomic E-state index is 0.208. The first-order valence-corrected chi connectivity index (χ1v) is 8.79. The molecule has 0 aromatic heterocycles. The van der Waals surface area contributed by atoms with E-state index in [9.17, 15) is 10.5 Å². The Hall–Kier alpha value is -2.22. The van der Waals surface area contributed by atoms with Crippen molar-refractivity contribution in [2.75, 3.05) is 19.0 Å². The van der Waals surface area contributed by atoms with Gasteiger partial charge in [0.2, 0.25) is 5.06 Å². The molecule has 0 amide bonds. The standard InChI is InChI=1S/C17H16N4O2S/c1-2-22-12-5-3-11(4-6-12)13-15(9-18)14(20)21-17(16(13,15)10-19)23-7-8-24-17/h3-6,13H,2,7-8H2,1H3,(H2,20,21)/t13-,15-,16-,17+/m1/s1. The first-order valence-electron chi connectivity index (χ1n) is 7.81. The number of ether oxygens (including phenoxy) is 2. The molecule has 1 aromatic rings. The topological polar surface area (TPSA) is 104 Å². The third-order valence-corrected chi connectivity index (χ3v) is 6.42. The first kappa shape index (κ1) is 15.3. The fourth-order valence-corrected chi connectivity index (χ4v) is 5.47. The molecule has 0 bridgehead atoms. The number of nitrogens with two attached hydrogens (primary N) is 1. The van der Waals surface area contributed by atoms with Crippen LogP contribution in [0.5, 0.6) is 5.75 Å². The zero-order valence-electron chi connectivity index (χ0n) is 13.2. The van der Waals surface area contributed by atoms with Crippen molar-refractivity contribution in [1.82, 2.24) is 0 Å². The van der Waals surface area contributed by atoms with Crippen molar-refractivity contribution in [2.24, 2.45) is 21.6 Å². The number of rotatable bonds is 3. The molecular formula is C17H16N4O2S. The lowest BCUT2D eigenvalue weighted by Gasteiger charge is -2.26. The summed E-state index contributed by atoms with van der Waals surface area (Å²) in [6, 6.07) is 12.2. The van der Waals surface area contributed by atoms with E-state index < -0.39 is 15.9 Å². The number of hydrogen-bond donors (Lipinski definition) is 1. The predicted octanol–water partition coefficient (Wildman–Crippen LogP) is 1.99. The molecule has 24 heavy (non-hydrogen) atoms. The minimum atomic E-state index is -1.12. The van der Waals surface area contributed by atoms with E-state index in [1.165, 1.54) is 11.8 Å². The Morgan fingerprint density at radius 2 is 2.12 bits per heavy atom. The molecule has 4 rings (SSSR count). The lowest BCUT2D eigenvalue weighted by molar-refractivity contribution is 0.0200. The molecule has 2 aliphatic heterocycles. The summed E-state index contributed by atoms with van der Waals surface area (Å²) in [5, 5.41) is 18.9. The van der Waals surface area contributed by atoms with Crippen LogP contribution in [0.15, 0.2) is 29.3 Å². The molecule has 1 spiro atoms. The molecule has 0 unspecified atom stereocenters. The van der Waals surface area contributed by atoms with Crippen molar-refractivity contribution >= 4 is 17.6 Å². The van der Waals surface area contributed by atoms with E-state index >= 15 is 0 Å². The summed E-state index contributed by atoms with van der Waals surface area (Å²) < 4.78 is 11.3. The van der Waals surface area contributed by atoms with Gasteiger partial charge in [-0.15, -0.1) is 0 Å². The van der Waals surface area contributed by atoms with Crippen LogP contribution < -0.4 is 10.5 Å². The smallest absolute Gasteiger partial charge is 0.230 e. The Labute approximate surface area is 144 Å². The van der Waals surface area contributed by atoms with Crippen molar-refractivity contribution in [1.29, 1.82) is 10.5 Å². The Morgan fingerprint density at radius 1 is 1.38 bits per heavy atom. The molecule has 1 aromatic carbocycles. The number of benzene rings is 1. The van der Waals surface area contributed by atoms with E-state index in [1.54, 1.807) is 0 Å². The molecule has 7 heteroatoms. The molecule has 1 saturated carbocycles. The number of fused-ring (bicyclic) bond motifs is 2. The molecule has 4 atom stereocenters. The maximum atomic E-state index is 10.0. The van der Waals surface area contributed by atoms with Crippen LogP contribution >= 0.6 is 11.8 Å². The highest BCUT2D eigenvalue weighted by molar-refractivity contribution is 8.00. The van der Waals surface area contributed by atoms with E-state index in [0.717, 1.165) is 17.1 Å². The summed E-state index contributed by atoms with van der Waals surface area (Å²) in [6.07, 6.45) is 0. The molecule has 2 fully saturated rings. The van der Waals surface area contributed by atoms with Crippen LogP contribution in [-0.2, 0) is 4.74 Å². The molecule has 122 valence electrons. The Kier molecular flexibility index (Phi) is 3.12. The van der Waals surface area contributed by atoms with Gasteiger partial charge in [-0.25, -0.2) is 4.99 Å². The largest absolute Gasteiger partial charge is 0.494 e. The fourth-order valence-electron chi connectivity index (χ4n) is 4.14. The summed E-state index contributed by atoms with van der Waals surface area (Å²) >= 11 is 1.46. The Morgan fingerprint density at radius 3 is 2.67 bits per heavy atom. The van der Waals surface area contributed by atoms with E-state index in [2.05, 4.69) is 17.1 Å². The second-order valence-corrected chi connectivity index (χ2v) is 7.30. The van der Waals surface area contributed by atoms with Crippen molar-refractivity contribution in [3.63, 3.8) is 0 Å². The van der Waals surface area contributed by atoms with Crippen LogP contribution in [-0.4, -0.2) is 29.9 Å². The van der Waals surface area contributed by atoms with Crippen molar-refractivity contribution in [2.45, 2.75) is 17.9 Å². The van der Waals surface area contributed by atoms with E-state index in [1.807, 2.05) is 31.2 Å². The lowest BCUT2D eigenvalue weighted by atomic mass is 9.95. The van der Waals surface area contributed by atoms with Crippen molar-refractivity contribution < 1.29 is 9.47 Å². The van der Waals surface area contributed by atoms with Gasteiger partial charge in [0.05, 0.1) is 25.4 Å². The Bertz CT molecular complexity index is 803. The molecule has 1 saturated heterocycles. The molecule has 2 heterocycles. The van der Waals surface area contributed by atoms with Gasteiger partial charge in [0.1, 0.15) is 17.0 Å². The summed E-state index contributed by atoms with van der Waals surface area (Å²) in [5.41, 5.74) is 4.83. The molecule has 3 aliphatic rings. The van der Waals surface area contributed by atoms with Gasteiger partial charge in [0.15, 0.2) is 5.41 Å². The van der Waals surface area contributed by atoms with Gasteiger partial charge < -0.3 is 15.2 Å². The lowest BCUT2D eigenvalue weighted by Crippen LogP contribution is -2.34. The highest BCUT2D eigenvalue weighted by Crippen LogP contribution is 2.84. The number of amidine groups is 1. The zero-order chi connectivity index (χ0) is 17.0. The second kappa shape index (κ2) is 4.89. The van der Waals surface area contributed by atoms with Gasteiger partial charge in [-0.1, -0.05) is 23.9 Å². The van der Waals surface area contributed by atoms with Crippen LogP contribution in [0.1, 0.15) is 18.4 Å². The number of aliphatic imine (C=N–C) groups is 1. The average Bonchev–Trinajstić information content (AvgIpc) is 2.84. The second-order valence-electron chi connectivity index (χ2n) is 6.05. The zero-order valence-corrected chi connectivity index (χ0v) is 14.0. The third-order valence-electron chi connectivity index (χ3n) is 5.13. The first-order chi connectivity index (χ1) is 11.6. The highest BCUT2D eigenvalue weighted by Gasteiger charge is 2.93. The molecule has 6 nitrogen and oxygen atoms in total. The monoisotopic (exact) mass is 340 g/mol. The van der Waals surface area contributed by atoms with Crippen LogP contribution in [0.3, 0.4) is 0 Å². The maximum absolute atomic E-state index is 10.0. The molecule has 0 radical (unpaired) electrons. The SMILES string of the molecule is CCOc1ccc([C@H]2[C@]3(C#N)[C@@]2(C#N)C(N)=N[C@]32OCCS2)cc1. The van der Waals surface area contributed by atoms with Gasteiger partial charge in [-0.05, 0) is 24.6 Å². The fraction of sp³-hybridized carbons (Fsp3) is 0.471. The Balaban J connectivity index is 1.82. The average molecular weight is 340 g/mol. The summed E-state index contributed by atoms with van der Waals surface area (Å²) in [7, 11) is 0. The molecule has 2 N–H and O–H groups in total. The minimum Gasteiger partial charge on any atom is -0.494 e. The van der Waals surface area contributed by atoms with Gasteiger partial charge in [0, 0.05) is 11.7 Å². The number of nitriles is 2. The number of thioether (sulfide) groups is 1. The van der Waals surface area contributed by atoms with Gasteiger partial charge in [-0.2, -0.15) is 10.5 Å². The van der Waals surface area contributed by atoms with E-state index in [-0.39, 0.29) is 11.8 Å². The van der Waals surface area contributed by atoms with Crippen molar-refractivity contribution in [3.8, 4) is 17.9 Å². The van der Waals surface area contributed by atoms with E-state index in [0.29, 0.717) is 13.2 Å². The van der Waals surface area contributed by atoms with Crippen LogP contribution in [0.25, 0.3) is 0 Å². The number of hydrogen-bond acceptors (Lipinski definition) is 7. The van der Waals surface area contributed by atoms with Gasteiger partial charge >= 0.3 is 0 Å². The van der Waals surface area contributed by atoms with Crippen molar-refractivity contribution in [3.05, 3.63) is 29.8 Å². The predicted molar refractivity (Wildman–Crippen MR) is 89.2 cm³/mol. The highest BCUT2D eigenvalue weighted by atomic mass is 32.2. The molecule has 1 aliphatic carbocycles. The normalized spacial score (nSPS) is 39.0. The summed E-state index contributed by atoms with van der Waals surface area (Å²) in [4.78, 5) is 4.42. The summed E-state index contributed by atoms with van der Waals surface area (Å²) in [6.45, 7) is 3.01.